The summed E-state index contributed by atoms with van der Waals surface area (Å²) < 4.78 is 23.7. The van der Waals surface area contributed by atoms with Crippen molar-refractivity contribution in [2.24, 2.45) is 0 Å². The van der Waals surface area contributed by atoms with Crippen LogP contribution >= 0.6 is 11.6 Å². The highest BCUT2D eigenvalue weighted by Crippen LogP contribution is 2.31. The minimum Gasteiger partial charge on any atom is -0.381 e. The summed E-state index contributed by atoms with van der Waals surface area (Å²) in [5.41, 5.74) is -0.228. The Bertz CT molecular complexity index is 715. The van der Waals surface area contributed by atoms with Crippen molar-refractivity contribution < 1.29 is 18.4 Å². The van der Waals surface area contributed by atoms with Crippen molar-refractivity contribution in [2.45, 2.75) is 25.3 Å². The second-order valence-corrected chi connectivity index (χ2v) is 5.89. The number of aromatic nitrogens is 2. The highest BCUT2D eigenvalue weighted by atomic mass is 35.5. The average molecular weight is 340 g/mol. The Balaban J connectivity index is 1.92. The standard InChI is InChI=1S/C15H15ClFN3O3/c1-9-6-10(11(16)7-12(9)17)13(21)19-15(2-4-22-5-3-15)14-18-8-23-20-14/h6-8H,2-5H2,1H3,(H,19,21). The zero-order valence-electron chi connectivity index (χ0n) is 12.4. The highest BCUT2D eigenvalue weighted by molar-refractivity contribution is 6.33. The number of nitrogens with one attached hydrogen (secondary N) is 1. The Kier molecular flexibility index (Phi) is 4.32. The maximum Gasteiger partial charge on any atom is 0.253 e. The first-order valence-corrected chi connectivity index (χ1v) is 7.52. The molecule has 0 unspecified atom stereocenters. The molecule has 1 aliphatic heterocycles. The van der Waals surface area contributed by atoms with Gasteiger partial charge in [-0.1, -0.05) is 16.8 Å². The molecule has 23 heavy (non-hydrogen) atoms. The third-order valence-corrected chi connectivity index (χ3v) is 4.29. The molecule has 0 atom stereocenters. The van der Waals surface area contributed by atoms with E-state index >= 15 is 0 Å². The topological polar surface area (TPSA) is 77.3 Å². The summed E-state index contributed by atoms with van der Waals surface area (Å²) in [5.74, 6) is -0.473. The van der Waals surface area contributed by atoms with Gasteiger partial charge in [-0.25, -0.2) is 4.39 Å². The zero-order chi connectivity index (χ0) is 16.4. The van der Waals surface area contributed by atoms with Crippen LogP contribution in [0, 0.1) is 12.7 Å². The normalized spacial score (nSPS) is 17.0. The predicted octanol–water partition coefficient (Wildman–Crippen LogP) is 2.61. The van der Waals surface area contributed by atoms with Crippen molar-refractivity contribution >= 4 is 17.5 Å². The molecular weight excluding hydrogens is 325 g/mol. The van der Waals surface area contributed by atoms with Crippen molar-refractivity contribution in [1.82, 2.24) is 15.5 Å². The summed E-state index contributed by atoms with van der Waals surface area (Å²) in [6, 6.07) is 2.56. The molecule has 0 bridgehead atoms. The number of hydrogen-bond acceptors (Lipinski definition) is 5. The van der Waals surface area contributed by atoms with Gasteiger partial charge in [0.2, 0.25) is 6.39 Å². The number of amides is 1. The zero-order valence-corrected chi connectivity index (χ0v) is 13.2. The largest absolute Gasteiger partial charge is 0.381 e. The van der Waals surface area contributed by atoms with Crippen molar-refractivity contribution in [2.75, 3.05) is 13.2 Å². The monoisotopic (exact) mass is 339 g/mol. The number of halogens is 2. The van der Waals surface area contributed by atoms with Gasteiger partial charge >= 0.3 is 0 Å². The van der Waals surface area contributed by atoms with Crippen LogP contribution in [-0.2, 0) is 10.3 Å². The highest BCUT2D eigenvalue weighted by Gasteiger charge is 2.40. The van der Waals surface area contributed by atoms with Gasteiger partial charge in [0.05, 0.1) is 10.6 Å². The minimum absolute atomic E-state index is 0.0564. The number of carbonyl (C=O) groups excluding carboxylic acids is 1. The number of hydrogen-bond donors (Lipinski definition) is 1. The van der Waals surface area contributed by atoms with Gasteiger partial charge in [-0.3, -0.25) is 4.79 Å². The van der Waals surface area contributed by atoms with Crippen molar-refractivity contribution in [3.63, 3.8) is 0 Å². The number of rotatable bonds is 3. The molecule has 1 fully saturated rings. The molecule has 6 nitrogen and oxygen atoms in total. The van der Waals surface area contributed by atoms with Gasteiger partial charge in [0.15, 0.2) is 5.82 Å². The average Bonchev–Trinajstić information content (AvgIpc) is 3.07. The molecule has 122 valence electrons. The number of benzene rings is 1. The van der Waals surface area contributed by atoms with E-state index in [2.05, 4.69) is 15.5 Å². The molecular formula is C15H15ClFN3O3. The lowest BCUT2D eigenvalue weighted by Crippen LogP contribution is -2.50. The molecule has 1 aromatic heterocycles. The Morgan fingerprint density at radius 1 is 1.39 bits per heavy atom. The number of nitrogens with zero attached hydrogens (tertiary/aromatic N) is 2. The summed E-state index contributed by atoms with van der Waals surface area (Å²) in [5, 5.41) is 6.85. The number of ether oxygens (including phenoxy) is 1. The minimum atomic E-state index is -0.784. The summed E-state index contributed by atoms with van der Waals surface area (Å²) in [7, 11) is 0. The van der Waals surface area contributed by atoms with Crippen molar-refractivity contribution in [3.8, 4) is 0 Å². The van der Waals surface area contributed by atoms with Crippen LogP contribution in [0.3, 0.4) is 0 Å². The molecule has 1 aliphatic rings. The first-order chi connectivity index (χ1) is 11.0. The van der Waals surface area contributed by atoms with Crippen LogP contribution in [0.15, 0.2) is 23.0 Å². The molecule has 1 N–H and O–H groups in total. The van der Waals surface area contributed by atoms with E-state index in [0.29, 0.717) is 37.4 Å². The molecule has 0 radical (unpaired) electrons. The van der Waals surface area contributed by atoms with Crippen LogP contribution in [0.2, 0.25) is 5.02 Å². The van der Waals surface area contributed by atoms with E-state index in [9.17, 15) is 9.18 Å². The van der Waals surface area contributed by atoms with E-state index in [-0.39, 0.29) is 10.6 Å². The van der Waals surface area contributed by atoms with Crippen LogP contribution in [-0.4, -0.2) is 29.3 Å². The molecule has 1 saturated heterocycles. The number of carbonyl (C=O) groups is 1. The molecule has 0 spiro atoms. The molecule has 8 heteroatoms. The second kappa shape index (κ2) is 6.25. The smallest absolute Gasteiger partial charge is 0.253 e. The summed E-state index contributed by atoms with van der Waals surface area (Å²) in [6.07, 6.45) is 2.24. The van der Waals surface area contributed by atoms with Gasteiger partial charge < -0.3 is 14.6 Å². The van der Waals surface area contributed by atoms with Crippen molar-refractivity contribution in [1.29, 1.82) is 0 Å². The molecule has 2 heterocycles. The summed E-state index contributed by atoms with van der Waals surface area (Å²) in [6.45, 7) is 2.50. The molecule has 0 saturated carbocycles. The van der Waals surface area contributed by atoms with Gasteiger partial charge in [-0.15, -0.1) is 0 Å². The quantitative estimate of drug-likeness (QED) is 0.930. The Morgan fingerprint density at radius 2 is 2.13 bits per heavy atom. The lowest BCUT2D eigenvalue weighted by molar-refractivity contribution is 0.0306. The number of aryl methyl sites for hydroxylation is 1. The van der Waals surface area contributed by atoms with E-state index in [1.807, 2.05) is 0 Å². The van der Waals surface area contributed by atoms with Gasteiger partial charge in [0.25, 0.3) is 5.91 Å². The van der Waals surface area contributed by atoms with E-state index in [1.165, 1.54) is 12.5 Å². The molecule has 2 aromatic rings. The van der Waals surface area contributed by atoms with Gasteiger partial charge in [0.1, 0.15) is 11.4 Å². The van der Waals surface area contributed by atoms with E-state index in [0.717, 1.165) is 6.07 Å². The lowest BCUT2D eigenvalue weighted by atomic mass is 9.88. The maximum absolute atomic E-state index is 13.5. The van der Waals surface area contributed by atoms with E-state index in [4.69, 9.17) is 20.9 Å². The lowest BCUT2D eigenvalue weighted by Gasteiger charge is -2.35. The SMILES string of the molecule is Cc1cc(C(=O)NC2(c3ncon3)CCOCC2)c(Cl)cc1F. The maximum atomic E-state index is 13.5. The van der Waals surface area contributed by atoms with E-state index in [1.54, 1.807) is 6.92 Å². The fourth-order valence-corrected chi connectivity index (χ4v) is 2.86. The van der Waals surface area contributed by atoms with Crippen LogP contribution in [0.4, 0.5) is 4.39 Å². The fraction of sp³-hybridized carbons (Fsp3) is 0.400. The van der Waals surface area contributed by atoms with Crippen LogP contribution in [0.25, 0.3) is 0 Å². The third-order valence-electron chi connectivity index (χ3n) is 3.98. The summed E-state index contributed by atoms with van der Waals surface area (Å²) >= 11 is 6.01. The van der Waals surface area contributed by atoms with Gasteiger partial charge in [-0.2, -0.15) is 4.98 Å². The molecule has 0 aliphatic carbocycles. The Hall–Kier alpha value is -1.99. The third kappa shape index (κ3) is 3.07. The summed E-state index contributed by atoms with van der Waals surface area (Å²) in [4.78, 5) is 16.7. The first-order valence-electron chi connectivity index (χ1n) is 7.14. The molecule has 1 amide bonds. The van der Waals surface area contributed by atoms with Gasteiger partial charge in [0, 0.05) is 26.1 Å². The molecule has 1 aromatic carbocycles. The van der Waals surface area contributed by atoms with Crippen molar-refractivity contribution in [3.05, 3.63) is 46.3 Å². The second-order valence-electron chi connectivity index (χ2n) is 5.48. The Labute approximate surface area is 137 Å². The first kappa shape index (κ1) is 15.9. The van der Waals surface area contributed by atoms with Crippen LogP contribution < -0.4 is 5.32 Å². The predicted molar refractivity (Wildman–Crippen MR) is 79.6 cm³/mol. The molecule has 3 rings (SSSR count). The van der Waals surface area contributed by atoms with Crippen LogP contribution in [0.5, 0.6) is 0 Å². The van der Waals surface area contributed by atoms with E-state index < -0.39 is 17.3 Å². The van der Waals surface area contributed by atoms with Gasteiger partial charge in [-0.05, 0) is 24.6 Å². The Morgan fingerprint density at radius 3 is 2.78 bits per heavy atom. The fourth-order valence-electron chi connectivity index (χ4n) is 2.62. The van der Waals surface area contributed by atoms with Crippen LogP contribution in [0.1, 0.15) is 34.6 Å².